The predicted molar refractivity (Wildman–Crippen MR) is 87.7 cm³/mol. The minimum atomic E-state index is -0.526. The molecule has 7 nitrogen and oxygen atoms in total. The molecule has 128 valence electrons. The smallest absolute Gasteiger partial charge is 0.410 e. The van der Waals surface area contributed by atoms with Gasteiger partial charge in [0.15, 0.2) is 0 Å². The molecule has 0 unspecified atom stereocenters. The first-order valence-electron chi connectivity index (χ1n) is 7.58. The molecule has 2 amide bonds. The molecule has 1 fully saturated rings. The van der Waals surface area contributed by atoms with Crippen LogP contribution >= 0.6 is 11.3 Å². The van der Waals surface area contributed by atoms with Gasteiger partial charge in [0.2, 0.25) is 5.91 Å². The highest BCUT2D eigenvalue weighted by Crippen LogP contribution is 2.12. The lowest BCUT2D eigenvalue weighted by Gasteiger charge is -2.35. The third-order valence-electron chi connectivity index (χ3n) is 3.55. The first-order chi connectivity index (χ1) is 10.7. The Kier molecular flexibility index (Phi) is 5.13. The fourth-order valence-electron chi connectivity index (χ4n) is 2.30. The Morgan fingerprint density at radius 2 is 1.74 bits per heavy atom. The quantitative estimate of drug-likeness (QED) is 0.813. The lowest BCUT2D eigenvalue weighted by atomic mass is 10.2. The SMILES string of the molecule is Cc1csc(=O)n1CC(=O)N1CCN(C(=O)OC(C)(C)C)CC1. The average Bonchev–Trinajstić information content (AvgIpc) is 2.77. The minimum absolute atomic E-state index is 0.0562. The third kappa shape index (κ3) is 4.57. The van der Waals surface area contributed by atoms with E-state index >= 15 is 0 Å². The lowest BCUT2D eigenvalue weighted by Crippen LogP contribution is -2.52. The van der Waals surface area contributed by atoms with Crippen LogP contribution in [0.15, 0.2) is 10.2 Å². The molecule has 0 N–H and O–H groups in total. The van der Waals surface area contributed by atoms with Crippen LogP contribution in [-0.2, 0) is 16.1 Å². The van der Waals surface area contributed by atoms with E-state index in [0.717, 1.165) is 17.0 Å². The van der Waals surface area contributed by atoms with Gasteiger partial charge in [-0.1, -0.05) is 11.3 Å². The molecule has 23 heavy (non-hydrogen) atoms. The first-order valence-corrected chi connectivity index (χ1v) is 8.46. The molecule has 1 aromatic heterocycles. The van der Waals surface area contributed by atoms with Gasteiger partial charge in [0, 0.05) is 37.3 Å². The molecule has 0 atom stereocenters. The molecular weight excluding hydrogens is 318 g/mol. The van der Waals surface area contributed by atoms with Crippen LogP contribution < -0.4 is 4.87 Å². The molecule has 0 spiro atoms. The summed E-state index contributed by atoms with van der Waals surface area (Å²) in [6, 6.07) is 0. The van der Waals surface area contributed by atoms with Crippen LogP contribution in [-0.4, -0.2) is 58.1 Å². The van der Waals surface area contributed by atoms with Crippen LogP contribution in [0.2, 0.25) is 0 Å². The summed E-state index contributed by atoms with van der Waals surface area (Å²) in [5.74, 6) is -0.0996. The zero-order valence-electron chi connectivity index (χ0n) is 14.0. The summed E-state index contributed by atoms with van der Waals surface area (Å²) >= 11 is 1.10. The number of hydrogen-bond donors (Lipinski definition) is 0. The second-order valence-electron chi connectivity index (χ2n) is 6.58. The fraction of sp³-hybridized carbons (Fsp3) is 0.667. The molecule has 8 heteroatoms. The van der Waals surface area contributed by atoms with E-state index < -0.39 is 5.60 Å². The van der Waals surface area contributed by atoms with Crippen molar-refractivity contribution in [2.24, 2.45) is 0 Å². The van der Waals surface area contributed by atoms with Crippen molar-refractivity contribution in [3.8, 4) is 0 Å². The minimum Gasteiger partial charge on any atom is -0.444 e. The Balaban J connectivity index is 1.88. The molecule has 1 aromatic rings. The summed E-state index contributed by atoms with van der Waals surface area (Å²) < 4.78 is 6.81. The molecule has 1 saturated heterocycles. The molecule has 0 saturated carbocycles. The summed E-state index contributed by atoms with van der Waals surface area (Å²) in [6.45, 7) is 9.14. The van der Waals surface area contributed by atoms with Crippen LogP contribution in [0.5, 0.6) is 0 Å². The summed E-state index contributed by atoms with van der Waals surface area (Å²) in [7, 11) is 0. The number of aromatic nitrogens is 1. The maximum Gasteiger partial charge on any atom is 0.410 e. The van der Waals surface area contributed by atoms with Gasteiger partial charge in [0.25, 0.3) is 0 Å². The number of amides is 2. The normalized spacial score (nSPS) is 15.7. The topological polar surface area (TPSA) is 71.9 Å². The summed E-state index contributed by atoms with van der Waals surface area (Å²) in [4.78, 5) is 39.1. The Hall–Kier alpha value is -1.83. The molecule has 0 aliphatic carbocycles. The average molecular weight is 341 g/mol. The van der Waals surface area contributed by atoms with Gasteiger partial charge in [0.1, 0.15) is 12.1 Å². The molecule has 1 aliphatic heterocycles. The van der Waals surface area contributed by atoms with E-state index in [-0.39, 0.29) is 23.4 Å². The van der Waals surface area contributed by atoms with E-state index in [0.29, 0.717) is 26.2 Å². The van der Waals surface area contributed by atoms with Crippen molar-refractivity contribution in [1.29, 1.82) is 0 Å². The van der Waals surface area contributed by atoms with Crippen molar-refractivity contribution >= 4 is 23.3 Å². The standard InChI is InChI=1S/C15H23N3O4S/c1-11-10-23-14(21)18(11)9-12(19)16-5-7-17(8-6-16)13(20)22-15(2,3)4/h10H,5-9H2,1-4H3. The van der Waals surface area contributed by atoms with Crippen molar-refractivity contribution in [2.75, 3.05) is 26.2 Å². The zero-order valence-corrected chi connectivity index (χ0v) is 14.8. The molecule has 1 aliphatic rings. The number of carbonyl (C=O) groups excluding carboxylic acids is 2. The van der Waals surface area contributed by atoms with E-state index in [9.17, 15) is 14.4 Å². The molecule has 2 heterocycles. The number of hydrogen-bond acceptors (Lipinski definition) is 5. The highest BCUT2D eigenvalue weighted by atomic mass is 32.1. The lowest BCUT2D eigenvalue weighted by molar-refractivity contribution is -0.133. The Morgan fingerprint density at radius 1 is 1.17 bits per heavy atom. The highest BCUT2D eigenvalue weighted by Gasteiger charge is 2.27. The number of carbonyl (C=O) groups is 2. The van der Waals surface area contributed by atoms with E-state index in [1.165, 1.54) is 4.57 Å². The van der Waals surface area contributed by atoms with Gasteiger partial charge in [-0.2, -0.15) is 0 Å². The fourth-order valence-corrected chi connectivity index (χ4v) is 3.03. The summed E-state index contributed by atoms with van der Waals surface area (Å²) in [6.07, 6.45) is -0.352. The number of aryl methyl sites for hydroxylation is 1. The molecular formula is C15H23N3O4S. The van der Waals surface area contributed by atoms with Gasteiger partial charge >= 0.3 is 11.0 Å². The van der Waals surface area contributed by atoms with Gasteiger partial charge in [0.05, 0.1) is 0 Å². The monoisotopic (exact) mass is 341 g/mol. The third-order valence-corrected chi connectivity index (χ3v) is 4.43. The van der Waals surface area contributed by atoms with Crippen LogP contribution in [0.4, 0.5) is 4.79 Å². The molecule has 0 aromatic carbocycles. The van der Waals surface area contributed by atoms with E-state index in [1.54, 1.807) is 15.2 Å². The van der Waals surface area contributed by atoms with Crippen molar-refractivity contribution in [1.82, 2.24) is 14.4 Å². The number of piperazine rings is 1. The zero-order chi connectivity index (χ0) is 17.2. The van der Waals surface area contributed by atoms with Crippen molar-refractivity contribution in [3.05, 3.63) is 20.7 Å². The van der Waals surface area contributed by atoms with Gasteiger partial charge in [-0.3, -0.25) is 14.2 Å². The second-order valence-corrected chi connectivity index (χ2v) is 7.40. The maximum absolute atomic E-state index is 12.3. The van der Waals surface area contributed by atoms with Crippen LogP contribution in [0.1, 0.15) is 26.5 Å². The maximum atomic E-state index is 12.3. The van der Waals surface area contributed by atoms with Crippen molar-refractivity contribution in [3.63, 3.8) is 0 Å². The van der Waals surface area contributed by atoms with E-state index in [4.69, 9.17) is 4.74 Å². The van der Waals surface area contributed by atoms with Crippen LogP contribution in [0, 0.1) is 6.92 Å². The highest BCUT2D eigenvalue weighted by molar-refractivity contribution is 7.07. The summed E-state index contributed by atoms with van der Waals surface area (Å²) in [5.41, 5.74) is 0.266. The van der Waals surface area contributed by atoms with Gasteiger partial charge in [-0.05, 0) is 27.7 Å². The summed E-state index contributed by atoms with van der Waals surface area (Å²) in [5, 5.41) is 1.75. The van der Waals surface area contributed by atoms with Crippen LogP contribution in [0.25, 0.3) is 0 Å². The van der Waals surface area contributed by atoms with E-state index in [2.05, 4.69) is 0 Å². The van der Waals surface area contributed by atoms with Gasteiger partial charge in [-0.25, -0.2) is 4.79 Å². The number of rotatable bonds is 2. The molecule has 0 bridgehead atoms. The largest absolute Gasteiger partial charge is 0.444 e. The Labute approximate surface area is 139 Å². The predicted octanol–water partition coefficient (Wildman–Crippen LogP) is 1.30. The Bertz CT molecular complexity index is 636. The van der Waals surface area contributed by atoms with Crippen molar-refractivity contribution < 1.29 is 14.3 Å². The second kappa shape index (κ2) is 6.74. The Morgan fingerprint density at radius 3 is 2.22 bits per heavy atom. The van der Waals surface area contributed by atoms with Gasteiger partial charge < -0.3 is 14.5 Å². The molecule has 2 rings (SSSR count). The van der Waals surface area contributed by atoms with Crippen LogP contribution in [0.3, 0.4) is 0 Å². The van der Waals surface area contributed by atoms with Gasteiger partial charge in [-0.15, -0.1) is 0 Å². The number of thiazole rings is 1. The number of nitrogens with zero attached hydrogens (tertiary/aromatic N) is 3. The molecule has 0 radical (unpaired) electrons. The number of ether oxygens (including phenoxy) is 1. The first kappa shape index (κ1) is 17.5. The van der Waals surface area contributed by atoms with E-state index in [1.807, 2.05) is 27.7 Å². The van der Waals surface area contributed by atoms with Crippen molar-refractivity contribution in [2.45, 2.75) is 39.8 Å².